The van der Waals surface area contributed by atoms with Crippen molar-refractivity contribution in [3.05, 3.63) is 39.6 Å². The third kappa shape index (κ3) is 1.01. The molecule has 0 saturated heterocycles. The number of ketones is 1. The summed E-state index contributed by atoms with van der Waals surface area (Å²) in [6.45, 7) is 0. The molecule has 12 heavy (non-hydrogen) atoms. The van der Waals surface area contributed by atoms with Crippen LogP contribution in [0.3, 0.4) is 0 Å². The number of carbonyl (C=O) groups excluding carboxylic acids is 1. The Morgan fingerprint density at radius 3 is 2.75 bits per heavy atom. The van der Waals surface area contributed by atoms with Gasteiger partial charge in [0, 0.05) is 15.6 Å². The van der Waals surface area contributed by atoms with Crippen LogP contribution in [0, 0.1) is 5.82 Å². The maximum atomic E-state index is 12.8. The van der Waals surface area contributed by atoms with Gasteiger partial charge >= 0.3 is 0 Å². The molecule has 0 saturated carbocycles. The lowest BCUT2D eigenvalue weighted by Crippen LogP contribution is -1.93. The first-order chi connectivity index (χ1) is 5.68. The van der Waals surface area contributed by atoms with Crippen LogP contribution < -0.4 is 0 Å². The van der Waals surface area contributed by atoms with Crippen molar-refractivity contribution in [3.63, 3.8) is 0 Å². The fraction of sp³-hybridized carbons (Fsp3) is 0. The van der Waals surface area contributed by atoms with Crippen LogP contribution in [0.15, 0.2) is 22.7 Å². The summed E-state index contributed by atoms with van der Waals surface area (Å²) < 4.78 is 13.4. The van der Waals surface area contributed by atoms with Gasteiger partial charge in [-0.1, -0.05) is 15.9 Å². The van der Waals surface area contributed by atoms with E-state index in [1.807, 2.05) is 0 Å². The van der Waals surface area contributed by atoms with Crippen LogP contribution in [0.25, 0.3) is 6.08 Å². The third-order valence-electron chi connectivity index (χ3n) is 1.76. The molecule has 0 atom stereocenters. The van der Waals surface area contributed by atoms with E-state index in [0.29, 0.717) is 10.0 Å². The lowest BCUT2D eigenvalue weighted by atomic mass is 10.1. The Bertz CT molecular complexity index is 396. The largest absolute Gasteiger partial charge is 0.289 e. The van der Waals surface area contributed by atoms with Gasteiger partial charge in [-0.3, -0.25) is 4.79 Å². The topological polar surface area (TPSA) is 17.1 Å². The Morgan fingerprint density at radius 2 is 2.00 bits per heavy atom. The van der Waals surface area contributed by atoms with Gasteiger partial charge in [0.25, 0.3) is 0 Å². The van der Waals surface area contributed by atoms with Gasteiger partial charge in [0.2, 0.25) is 0 Å². The van der Waals surface area contributed by atoms with Gasteiger partial charge in [-0.2, -0.15) is 0 Å². The molecule has 3 heteroatoms. The summed E-state index contributed by atoms with van der Waals surface area (Å²) in [4.78, 5) is 11.1. The van der Waals surface area contributed by atoms with Crippen molar-refractivity contribution < 1.29 is 9.18 Å². The molecule has 1 aliphatic carbocycles. The zero-order valence-electron chi connectivity index (χ0n) is 5.97. The van der Waals surface area contributed by atoms with E-state index < -0.39 is 5.82 Å². The van der Waals surface area contributed by atoms with Gasteiger partial charge in [-0.05, 0) is 24.3 Å². The Hall–Kier alpha value is -0.960. The van der Waals surface area contributed by atoms with Gasteiger partial charge < -0.3 is 0 Å². The highest BCUT2D eigenvalue weighted by Crippen LogP contribution is 2.28. The highest BCUT2D eigenvalue weighted by atomic mass is 79.9. The van der Waals surface area contributed by atoms with Crippen molar-refractivity contribution in [2.24, 2.45) is 0 Å². The van der Waals surface area contributed by atoms with Crippen molar-refractivity contribution in [2.45, 2.75) is 0 Å². The Balaban J connectivity index is 2.74. The minimum atomic E-state index is -0.391. The summed E-state index contributed by atoms with van der Waals surface area (Å²) in [5.41, 5.74) is 1.20. The van der Waals surface area contributed by atoms with Gasteiger partial charge in [0.15, 0.2) is 5.78 Å². The maximum absolute atomic E-state index is 12.8. The van der Waals surface area contributed by atoms with Crippen LogP contribution in [-0.4, -0.2) is 5.78 Å². The second-order valence-electron chi connectivity index (χ2n) is 2.55. The van der Waals surface area contributed by atoms with Gasteiger partial charge in [-0.25, -0.2) is 4.39 Å². The lowest BCUT2D eigenvalue weighted by Gasteiger charge is -1.99. The highest BCUT2D eigenvalue weighted by molar-refractivity contribution is 9.10. The van der Waals surface area contributed by atoms with E-state index in [1.54, 1.807) is 6.08 Å². The van der Waals surface area contributed by atoms with Gasteiger partial charge in [0.05, 0.1) is 0 Å². The Morgan fingerprint density at radius 1 is 1.25 bits per heavy atom. The second kappa shape index (κ2) is 2.52. The maximum Gasteiger partial charge on any atom is 0.186 e. The van der Waals surface area contributed by atoms with E-state index in [9.17, 15) is 9.18 Å². The lowest BCUT2D eigenvalue weighted by molar-refractivity contribution is 0.104. The highest BCUT2D eigenvalue weighted by Gasteiger charge is 2.16. The average Bonchev–Trinajstić information content (AvgIpc) is 2.33. The minimum Gasteiger partial charge on any atom is -0.289 e. The van der Waals surface area contributed by atoms with Crippen molar-refractivity contribution in [3.8, 4) is 0 Å². The molecule has 60 valence electrons. The van der Waals surface area contributed by atoms with E-state index in [4.69, 9.17) is 0 Å². The molecule has 0 spiro atoms. The van der Waals surface area contributed by atoms with E-state index in [2.05, 4.69) is 15.9 Å². The molecule has 1 aromatic carbocycles. The Labute approximate surface area is 77.0 Å². The van der Waals surface area contributed by atoms with Crippen molar-refractivity contribution >= 4 is 27.8 Å². The van der Waals surface area contributed by atoms with Crippen molar-refractivity contribution in [2.75, 3.05) is 0 Å². The first kappa shape index (κ1) is 7.68. The van der Waals surface area contributed by atoms with E-state index in [0.717, 1.165) is 5.56 Å². The zero-order valence-corrected chi connectivity index (χ0v) is 7.56. The summed E-state index contributed by atoms with van der Waals surface area (Å²) in [5, 5.41) is 0. The van der Waals surface area contributed by atoms with Crippen molar-refractivity contribution in [1.29, 1.82) is 0 Å². The molecule has 0 amide bonds. The third-order valence-corrected chi connectivity index (χ3v) is 2.42. The fourth-order valence-electron chi connectivity index (χ4n) is 1.21. The van der Waals surface area contributed by atoms with Gasteiger partial charge in [-0.15, -0.1) is 0 Å². The molecule has 0 radical (unpaired) electrons. The number of carbonyl (C=O) groups is 1. The van der Waals surface area contributed by atoms with Crippen LogP contribution in [0.2, 0.25) is 0 Å². The predicted molar refractivity (Wildman–Crippen MR) is 47.5 cm³/mol. The van der Waals surface area contributed by atoms with E-state index in [1.165, 1.54) is 18.2 Å². The van der Waals surface area contributed by atoms with Crippen LogP contribution in [0.1, 0.15) is 15.9 Å². The summed E-state index contributed by atoms with van der Waals surface area (Å²) in [6, 6.07) is 2.60. The molecule has 0 aliphatic heterocycles. The fourth-order valence-corrected chi connectivity index (χ4v) is 1.77. The van der Waals surface area contributed by atoms with Gasteiger partial charge in [0.1, 0.15) is 5.82 Å². The van der Waals surface area contributed by atoms with Crippen LogP contribution >= 0.6 is 15.9 Å². The second-order valence-corrected chi connectivity index (χ2v) is 3.40. The normalized spacial score (nSPS) is 13.7. The predicted octanol–water partition coefficient (Wildman–Crippen LogP) is 2.80. The first-order valence-corrected chi connectivity index (χ1v) is 4.19. The molecule has 1 nitrogen and oxygen atoms in total. The molecule has 0 aromatic heterocycles. The molecule has 0 heterocycles. The number of rotatable bonds is 0. The van der Waals surface area contributed by atoms with E-state index >= 15 is 0 Å². The molecule has 0 fully saturated rings. The van der Waals surface area contributed by atoms with Crippen LogP contribution in [0.5, 0.6) is 0 Å². The quantitative estimate of drug-likeness (QED) is 0.665. The number of hydrogen-bond acceptors (Lipinski definition) is 1. The molecule has 0 unspecified atom stereocenters. The molecular formula is C9H4BrFO. The number of halogens is 2. The first-order valence-electron chi connectivity index (χ1n) is 3.40. The number of allylic oxidation sites excluding steroid dienone is 1. The number of fused-ring (bicyclic) bond motifs is 1. The molecule has 0 N–H and O–H groups in total. The zero-order chi connectivity index (χ0) is 8.72. The standard InChI is InChI=1S/C9H4BrFO/c10-8-4-5(11)3-7-6(8)1-2-9(7)12/h1-4H. The van der Waals surface area contributed by atoms with Crippen molar-refractivity contribution in [1.82, 2.24) is 0 Å². The summed E-state index contributed by atoms with van der Waals surface area (Å²) in [5.74, 6) is -0.525. The Kier molecular flexibility index (Phi) is 1.61. The monoisotopic (exact) mass is 226 g/mol. The summed E-state index contributed by atoms with van der Waals surface area (Å²) >= 11 is 3.18. The van der Waals surface area contributed by atoms with Crippen LogP contribution in [0.4, 0.5) is 4.39 Å². The van der Waals surface area contributed by atoms with Crippen LogP contribution in [-0.2, 0) is 0 Å². The molecule has 0 bridgehead atoms. The number of benzene rings is 1. The smallest absolute Gasteiger partial charge is 0.186 e. The molecular weight excluding hydrogens is 223 g/mol. The summed E-state index contributed by atoms with van der Waals surface area (Å²) in [6.07, 6.45) is 3.12. The minimum absolute atomic E-state index is 0.134. The average molecular weight is 227 g/mol. The number of hydrogen-bond donors (Lipinski definition) is 0. The molecule has 1 aromatic rings. The SMILES string of the molecule is O=C1C=Cc2c(Br)cc(F)cc21. The molecule has 1 aliphatic rings. The summed E-state index contributed by atoms with van der Waals surface area (Å²) in [7, 11) is 0. The molecule has 2 rings (SSSR count). The van der Waals surface area contributed by atoms with E-state index in [-0.39, 0.29) is 5.78 Å².